The Balaban J connectivity index is 1.58. The van der Waals surface area contributed by atoms with E-state index >= 15 is 0 Å². The minimum absolute atomic E-state index is 0.294. The first kappa shape index (κ1) is 16.3. The first-order valence-corrected chi connectivity index (χ1v) is 9.03. The summed E-state index contributed by atoms with van der Waals surface area (Å²) in [5, 5.41) is 14.8. The Kier molecular flexibility index (Phi) is 4.33. The van der Waals surface area contributed by atoms with Crippen LogP contribution in [0.3, 0.4) is 0 Å². The first-order valence-electron chi connectivity index (χ1n) is 7.46. The Morgan fingerprint density at radius 1 is 1.08 bits per heavy atom. The third-order valence-electron chi connectivity index (χ3n) is 3.59. The number of fused-ring (bicyclic) bond motifs is 1. The van der Waals surface area contributed by atoms with Crippen molar-refractivity contribution in [2.24, 2.45) is 0 Å². The maximum absolute atomic E-state index is 6.12. The number of nitrogens with zero attached hydrogens (tertiary/aromatic N) is 4. The average molecular weight is 391 g/mol. The summed E-state index contributed by atoms with van der Waals surface area (Å²) in [6, 6.07) is 13.2. The topological polar surface area (TPSA) is 52.3 Å². The predicted molar refractivity (Wildman–Crippen MR) is 99.6 cm³/mol. The summed E-state index contributed by atoms with van der Waals surface area (Å²) in [7, 11) is 0. The molecular weight excluding hydrogens is 379 g/mol. The minimum Gasteiger partial charge on any atom is -0.485 e. The zero-order valence-electron chi connectivity index (χ0n) is 13.1. The van der Waals surface area contributed by atoms with Crippen molar-refractivity contribution in [3.05, 3.63) is 63.1 Å². The Morgan fingerprint density at radius 3 is 2.64 bits per heavy atom. The highest BCUT2D eigenvalue weighted by Gasteiger charge is 2.14. The summed E-state index contributed by atoms with van der Waals surface area (Å²) in [6.07, 6.45) is 0. The van der Waals surface area contributed by atoms with Gasteiger partial charge in [-0.2, -0.15) is 9.61 Å². The van der Waals surface area contributed by atoms with Gasteiger partial charge in [-0.1, -0.05) is 64.4 Å². The van der Waals surface area contributed by atoms with E-state index in [0.29, 0.717) is 28.2 Å². The van der Waals surface area contributed by atoms with Gasteiger partial charge >= 0.3 is 0 Å². The van der Waals surface area contributed by atoms with Gasteiger partial charge in [-0.15, -0.1) is 10.2 Å². The van der Waals surface area contributed by atoms with Crippen molar-refractivity contribution >= 4 is 39.5 Å². The fourth-order valence-electron chi connectivity index (χ4n) is 2.33. The number of rotatable bonds is 4. The van der Waals surface area contributed by atoms with Gasteiger partial charge in [0.15, 0.2) is 10.8 Å². The lowest BCUT2D eigenvalue weighted by Gasteiger charge is -2.05. The van der Waals surface area contributed by atoms with Gasteiger partial charge in [-0.25, -0.2) is 0 Å². The quantitative estimate of drug-likeness (QED) is 0.489. The third-order valence-corrected chi connectivity index (χ3v) is 4.99. The van der Waals surface area contributed by atoms with Crippen molar-refractivity contribution < 1.29 is 4.74 Å². The van der Waals surface area contributed by atoms with Gasteiger partial charge in [0.1, 0.15) is 12.4 Å². The molecule has 0 N–H and O–H groups in total. The lowest BCUT2D eigenvalue weighted by atomic mass is 10.1. The molecule has 0 aliphatic heterocycles. The van der Waals surface area contributed by atoms with Gasteiger partial charge in [0.05, 0.1) is 5.02 Å². The molecule has 5 nitrogen and oxygen atoms in total. The number of hydrogen-bond acceptors (Lipinski definition) is 5. The molecule has 2 aromatic heterocycles. The van der Waals surface area contributed by atoms with Crippen LogP contribution in [0.1, 0.15) is 10.6 Å². The summed E-state index contributed by atoms with van der Waals surface area (Å²) in [4.78, 5) is 0.719. The van der Waals surface area contributed by atoms with E-state index in [1.165, 1.54) is 16.9 Å². The Labute approximate surface area is 157 Å². The normalized spacial score (nSPS) is 11.2. The molecule has 0 saturated heterocycles. The fraction of sp³-hybridized carbons (Fsp3) is 0.118. The lowest BCUT2D eigenvalue weighted by Crippen LogP contribution is -1.98. The van der Waals surface area contributed by atoms with Crippen molar-refractivity contribution in [3.63, 3.8) is 0 Å². The van der Waals surface area contributed by atoms with Crippen LogP contribution in [0.5, 0.6) is 5.75 Å². The summed E-state index contributed by atoms with van der Waals surface area (Å²) >= 11 is 13.4. The molecule has 2 heterocycles. The molecule has 4 rings (SSSR count). The molecule has 126 valence electrons. The van der Waals surface area contributed by atoms with Crippen molar-refractivity contribution in [2.45, 2.75) is 13.5 Å². The summed E-state index contributed by atoms with van der Waals surface area (Å²) < 4.78 is 7.47. The van der Waals surface area contributed by atoms with Crippen LogP contribution in [0.15, 0.2) is 42.5 Å². The zero-order valence-corrected chi connectivity index (χ0v) is 15.4. The van der Waals surface area contributed by atoms with E-state index in [1.54, 1.807) is 22.7 Å². The van der Waals surface area contributed by atoms with Gasteiger partial charge in [0, 0.05) is 10.6 Å². The Bertz CT molecular complexity index is 1040. The van der Waals surface area contributed by atoms with E-state index in [9.17, 15) is 0 Å². The summed E-state index contributed by atoms with van der Waals surface area (Å²) in [5.41, 5.74) is 2.16. The second-order valence-electron chi connectivity index (χ2n) is 5.44. The van der Waals surface area contributed by atoms with Crippen LogP contribution in [0, 0.1) is 6.92 Å². The number of benzene rings is 2. The zero-order chi connectivity index (χ0) is 17.4. The van der Waals surface area contributed by atoms with E-state index in [-0.39, 0.29) is 0 Å². The third kappa shape index (κ3) is 3.33. The molecule has 0 amide bonds. The van der Waals surface area contributed by atoms with E-state index in [1.807, 2.05) is 31.2 Å². The van der Waals surface area contributed by atoms with E-state index in [4.69, 9.17) is 27.9 Å². The molecule has 8 heteroatoms. The molecule has 0 unspecified atom stereocenters. The highest BCUT2D eigenvalue weighted by Crippen LogP contribution is 2.29. The maximum atomic E-state index is 6.12. The van der Waals surface area contributed by atoms with Gasteiger partial charge in [-0.3, -0.25) is 0 Å². The van der Waals surface area contributed by atoms with E-state index in [2.05, 4.69) is 15.3 Å². The molecule has 0 aliphatic carbocycles. The smallest absolute Gasteiger partial charge is 0.235 e. The Morgan fingerprint density at radius 2 is 1.88 bits per heavy atom. The summed E-state index contributed by atoms with van der Waals surface area (Å²) in [6.45, 7) is 2.34. The van der Waals surface area contributed by atoms with Crippen LogP contribution in [0.2, 0.25) is 10.0 Å². The molecule has 0 saturated carbocycles. The van der Waals surface area contributed by atoms with Gasteiger partial charge < -0.3 is 4.74 Å². The van der Waals surface area contributed by atoms with E-state index in [0.717, 1.165) is 15.5 Å². The van der Waals surface area contributed by atoms with Crippen LogP contribution in [-0.4, -0.2) is 19.8 Å². The number of aromatic nitrogens is 4. The highest BCUT2D eigenvalue weighted by molar-refractivity contribution is 7.16. The minimum atomic E-state index is 0.294. The van der Waals surface area contributed by atoms with Crippen LogP contribution in [0.25, 0.3) is 16.3 Å². The molecule has 0 bridgehead atoms. The standard InChI is InChI=1S/C17H12Cl2N4OS/c1-10-2-4-11(5-3-10)16-20-21-17-23(16)22-15(25-17)9-24-14-7-6-12(18)8-13(14)19/h2-8H,9H2,1H3. The lowest BCUT2D eigenvalue weighted by molar-refractivity contribution is 0.304. The van der Waals surface area contributed by atoms with Crippen molar-refractivity contribution in [3.8, 4) is 17.1 Å². The van der Waals surface area contributed by atoms with Gasteiger partial charge in [0.25, 0.3) is 0 Å². The average Bonchev–Trinajstić information content (AvgIpc) is 3.15. The highest BCUT2D eigenvalue weighted by atomic mass is 35.5. The fourth-order valence-corrected chi connectivity index (χ4v) is 3.54. The first-order chi connectivity index (χ1) is 12.1. The molecule has 0 atom stereocenters. The number of ether oxygens (including phenoxy) is 1. The van der Waals surface area contributed by atoms with Crippen LogP contribution in [-0.2, 0) is 6.61 Å². The van der Waals surface area contributed by atoms with Crippen molar-refractivity contribution in [1.29, 1.82) is 0 Å². The SMILES string of the molecule is Cc1ccc(-c2nnc3sc(COc4ccc(Cl)cc4Cl)nn23)cc1. The Hall–Kier alpha value is -2.15. The molecule has 25 heavy (non-hydrogen) atoms. The summed E-state index contributed by atoms with van der Waals surface area (Å²) in [5.74, 6) is 1.28. The monoisotopic (exact) mass is 390 g/mol. The second kappa shape index (κ2) is 6.63. The molecule has 0 radical (unpaired) electrons. The second-order valence-corrected chi connectivity index (χ2v) is 7.33. The molecule has 0 fully saturated rings. The largest absolute Gasteiger partial charge is 0.485 e. The number of halogens is 2. The van der Waals surface area contributed by atoms with E-state index < -0.39 is 0 Å². The van der Waals surface area contributed by atoms with Crippen LogP contribution < -0.4 is 4.74 Å². The van der Waals surface area contributed by atoms with Crippen LogP contribution >= 0.6 is 34.5 Å². The van der Waals surface area contributed by atoms with Crippen molar-refractivity contribution in [2.75, 3.05) is 0 Å². The van der Waals surface area contributed by atoms with Crippen LogP contribution in [0.4, 0.5) is 0 Å². The predicted octanol–water partition coefficient (Wildman–Crippen LogP) is 5.05. The molecule has 0 spiro atoms. The molecule has 0 aliphatic rings. The number of aryl methyl sites for hydroxylation is 1. The maximum Gasteiger partial charge on any atom is 0.235 e. The molecular formula is C17H12Cl2N4OS. The van der Waals surface area contributed by atoms with Gasteiger partial charge in [0.2, 0.25) is 4.96 Å². The molecule has 4 aromatic rings. The molecule has 2 aromatic carbocycles. The van der Waals surface area contributed by atoms with Gasteiger partial charge in [-0.05, 0) is 25.1 Å². The van der Waals surface area contributed by atoms with Crippen molar-refractivity contribution in [1.82, 2.24) is 19.8 Å². The number of hydrogen-bond donors (Lipinski definition) is 0.